The summed E-state index contributed by atoms with van der Waals surface area (Å²) in [5, 5.41) is 11.1. The maximum absolute atomic E-state index is 11.6. The molecule has 0 unspecified atom stereocenters. The number of rotatable bonds is 3. The van der Waals surface area contributed by atoms with Crippen molar-refractivity contribution in [2.24, 2.45) is 0 Å². The fourth-order valence-corrected chi connectivity index (χ4v) is 1.84. The molecule has 0 aromatic heterocycles. The van der Waals surface area contributed by atoms with Gasteiger partial charge in [-0.05, 0) is 6.07 Å². The number of cyclic esters (lactones) is 1. The van der Waals surface area contributed by atoms with Gasteiger partial charge in [-0.2, -0.15) is 0 Å². The van der Waals surface area contributed by atoms with Gasteiger partial charge in [0.25, 0.3) is 0 Å². The number of ether oxygens (including phenoxy) is 1. The van der Waals surface area contributed by atoms with Gasteiger partial charge in [0.15, 0.2) is 0 Å². The highest BCUT2D eigenvalue weighted by Gasteiger charge is 2.39. The van der Waals surface area contributed by atoms with Crippen LogP contribution in [0.1, 0.15) is 22.0 Å². The van der Waals surface area contributed by atoms with Gasteiger partial charge in [0.05, 0.1) is 16.7 Å². The molecule has 0 bridgehead atoms. The Labute approximate surface area is 104 Å². The van der Waals surface area contributed by atoms with Crippen molar-refractivity contribution in [3.63, 3.8) is 0 Å². The molecule has 0 saturated heterocycles. The lowest BCUT2D eigenvalue weighted by Crippen LogP contribution is -2.15. The van der Waals surface area contributed by atoms with Crippen LogP contribution in [0.25, 0.3) is 0 Å². The van der Waals surface area contributed by atoms with Gasteiger partial charge < -0.3 is 9.64 Å². The number of nitro groups is 1. The SMILES string of the molecule is CN(C)C=C([C@@H]1OC(=O)c2ccccc21)[N+](=O)[O-]. The topological polar surface area (TPSA) is 72.7 Å². The molecule has 1 aliphatic heterocycles. The fraction of sp³-hybridized carbons (Fsp3) is 0.250. The summed E-state index contributed by atoms with van der Waals surface area (Å²) in [4.78, 5) is 23.7. The van der Waals surface area contributed by atoms with Crippen molar-refractivity contribution in [3.05, 3.63) is 57.4 Å². The summed E-state index contributed by atoms with van der Waals surface area (Å²) in [6.07, 6.45) is 0.408. The number of hydrogen-bond donors (Lipinski definition) is 0. The van der Waals surface area contributed by atoms with Crippen molar-refractivity contribution in [1.82, 2.24) is 4.90 Å². The predicted molar refractivity (Wildman–Crippen MR) is 63.4 cm³/mol. The summed E-state index contributed by atoms with van der Waals surface area (Å²) < 4.78 is 5.08. The van der Waals surface area contributed by atoms with Crippen molar-refractivity contribution in [1.29, 1.82) is 0 Å². The van der Waals surface area contributed by atoms with Crippen LogP contribution in [0.15, 0.2) is 36.2 Å². The normalized spacial score (nSPS) is 18.2. The average molecular weight is 248 g/mol. The third-order valence-electron chi connectivity index (χ3n) is 2.56. The van der Waals surface area contributed by atoms with Crippen LogP contribution in [0.4, 0.5) is 0 Å². The highest BCUT2D eigenvalue weighted by atomic mass is 16.6. The Bertz CT molecular complexity index is 537. The predicted octanol–water partition coefficient (Wildman–Crippen LogP) is 1.58. The van der Waals surface area contributed by atoms with Crippen molar-refractivity contribution in [2.45, 2.75) is 6.10 Å². The molecule has 0 N–H and O–H groups in total. The third-order valence-corrected chi connectivity index (χ3v) is 2.56. The van der Waals surface area contributed by atoms with Crippen LogP contribution in [0, 0.1) is 10.1 Å². The van der Waals surface area contributed by atoms with E-state index in [9.17, 15) is 14.9 Å². The van der Waals surface area contributed by atoms with Crippen LogP contribution >= 0.6 is 0 Å². The van der Waals surface area contributed by atoms with E-state index in [1.165, 1.54) is 6.20 Å². The van der Waals surface area contributed by atoms with Crippen molar-refractivity contribution in [3.8, 4) is 0 Å². The van der Waals surface area contributed by atoms with Gasteiger partial charge in [-0.25, -0.2) is 4.79 Å². The molecular formula is C12H12N2O4. The monoisotopic (exact) mass is 248 g/mol. The minimum atomic E-state index is -0.939. The largest absolute Gasteiger partial charge is 0.442 e. The first kappa shape index (κ1) is 12.1. The molecule has 6 heteroatoms. The minimum Gasteiger partial charge on any atom is -0.442 e. The molecule has 0 radical (unpaired) electrons. The molecule has 2 rings (SSSR count). The second kappa shape index (κ2) is 4.48. The smallest absolute Gasteiger partial charge is 0.339 e. The highest BCUT2D eigenvalue weighted by molar-refractivity contribution is 5.94. The molecule has 1 aliphatic rings. The average Bonchev–Trinajstić information content (AvgIpc) is 2.64. The first-order chi connectivity index (χ1) is 8.50. The first-order valence-corrected chi connectivity index (χ1v) is 5.33. The fourth-order valence-electron chi connectivity index (χ4n) is 1.84. The molecule has 6 nitrogen and oxygen atoms in total. The van der Waals surface area contributed by atoms with Gasteiger partial charge in [-0.3, -0.25) is 10.1 Å². The molecule has 18 heavy (non-hydrogen) atoms. The molecular weight excluding hydrogens is 236 g/mol. The zero-order valence-electron chi connectivity index (χ0n) is 9.99. The van der Waals surface area contributed by atoms with E-state index in [2.05, 4.69) is 0 Å². The van der Waals surface area contributed by atoms with Gasteiger partial charge in [-0.1, -0.05) is 18.2 Å². The number of hydrogen-bond acceptors (Lipinski definition) is 5. The second-order valence-corrected chi connectivity index (χ2v) is 4.15. The number of benzene rings is 1. The van der Waals surface area contributed by atoms with E-state index in [1.807, 2.05) is 0 Å². The van der Waals surface area contributed by atoms with Crippen molar-refractivity contribution in [2.75, 3.05) is 14.1 Å². The first-order valence-electron chi connectivity index (χ1n) is 5.33. The standard InChI is InChI=1S/C12H12N2O4/c1-13(2)7-10(14(16)17)11-8-5-3-4-6-9(8)12(15)18-11/h3-7,11H,1-2H3/t11-/m1/s1. The van der Waals surface area contributed by atoms with Crippen LogP contribution in [-0.2, 0) is 4.74 Å². The summed E-state index contributed by atoms with van der Waals surface area (Å²) in [6, 6.07) is 6.69. The maximum atomic E-state index is 11.6. The zero-order chi connectivity index (χ0) is 13.3. The zero-order valence-corrected chi connectivity index (χ0v) is 9.99. The molecule has 94 valence electrons. The molecule has 0 saturated carbocycles. The Morgan fingerprint density at radius 2 is 2.11 bits per heavy atom. The summed E-state index contributed by atoms with van der Waals surface area (Å²) in [7, 11) is 3.35. The Morgan fingerprint density at radius 1 is 1.44 bits per heavy atom. The quantitative estimate of drug-likeness (QED) is 0.461. The van der Waals surface area contributed by atoms with Crippen LogP contribution < -0.4 is 0 Å². The van der Waals surface area contributed by atoms with Crippen LogP contribution in [0.3, 0.4) is 0 Å². The highest BCUT2D eigenvalue weighted by Crippen LogP contribution is 2.35. The lowest BCUT2D eigenvalue weighted by Gasteiger charge is -2.10. The molecule has 0 aliphatic carbocycles. The van der Waals surface area contributed by atoms with Crippen LogP contribution in [0.2, 0.25) is 0 Å². The van der Waals surface area contributed by atoms with E-state index >= 15 is 0 Å². The number of esters is 1. The van der Waals surface area contributed by atoms with E-state index in [-0.39, 0.29) is 5.70 Å². The number of carbonyl (C=O) groups is 1. The molecule has 1 aromatic rings. The number of carbonyl (C=O) groups excluding carboxylic acids is 1. The van der Waals surface area contributed by atoms with Gasteiger partial charge in [0.2, 0.25) is 6.10 Å². The van der Waals surface area contributed by atoms with Crippen molar-refractivity contribution >= 4 is 5.97 Å². The van der Waals surface area contributed by atoms with Gasteiger partial charge in [0.1, 0.15) is 0 Å². The Kier molecular flexibility index (Phi) is 3.01. The molecule has 1 atom stereocenters. The van der Waals surface area contributed by atoms with Gasteiger partial charge in [-0.15, -0.1) is 0 Å². The third kappa shape index (κ3) is 2.04. The molecule has 1 aromatic carbocycles. The van der Waals surface area contributed by atoms with E-state index in [1.54, 1.807) is 43.3 Å². The lowest BCUT2D eigenvalue weighted by molar-refractivity contribution is -0.437. The molecule has 1 heterocycles. The van der Waals surface area contributed by atoms with E-state index in [4.69, 9.17) is 4.74 Å². The minimum absolute atomic E-state index is 0.154. The number of fused-ring (bicyclic) bond motifs is 1. The van der Waals surface area contributed by atoms with E-state index in [0.29, 0.717) is 11.1 Å². The molecule has 0 amide bonds. The summed E-state index contributed by atoms with van der Waals surface area (Å²) in [6.45, 7) is 0. The summed E-state index contributed by atoms with van der Waals surface area (Å²) in [5.41, 5.74) is 0.764. The molecule has 0 spiro atoms. The van der Waals surface area contributed by atoms with Crippen molar-refractivity contribution < 1.29 is 14.5 Å². The van der Waals surface area contributed by atoms with Gasteiger partial charge >= 0.3 is 11.7 Å². The Morgan fingerprint density at radius 3 is 2.72 bits per heavy atom. The second-order valence-electron chi connectivity index (χ2n) is 4.15. The molecule has 0 fully saturated rings. The summed E-state index contributed by atoms with van der Waals surface area (Å²) in [5.74, 6) is -0.526. The number of nitrogens with zero attached hydrogens (tertiary/aromatic N) is 2. The Balaban J connectivity index is 2.47. The lowest BCUT2D eigenvalue weighted by atomic mass is 10.0. The van der Waals surface area contributed by atoms with E-state index in [0.717, 1.165) is 0 Å². The maximum Gasteiger partial charge on any atom is 0.339 e. The van der Waals surface area contributed by atoms with Crippen LogP contribution in [0.5, 0.6) is 0 Å². The van der Waals surface area contributed by atoms with Crippen LogP contribution in [-0.4, -0.2) is 29.9 Å². The van der Waals surface area contributed by atoms with Gasteiger partial charge in [0, 0.05) is 19.7 Å². The van der Waals surface area contributed by atoms with E-state index < -0.39 is 17.0 Å². The summed E-state index contributed by atoms with van der Waals surface area (Å²) >= 11 is 0. The Hall–Kier alpha value is -2.37.